The first-order valence-electron chi connectivity index (χ1n) is 5.35. The van der Waals surface area contributed by atoms with Crippen molar-refractivity contribution in [2.24, 2.45) is 0 Å². The topological polar surface area (TPSA) is 52.6 Å². The number of halogens is 16. The average Bonchev–Trinajstić information content (AvgIpc) is 2.42. The van der Waals surface area contributed by atoms with Crippen LogP contribution < -0.4 is 0 Å². The summed E-state index contributed by atoms with van der Waals surface area (Å²) < 4.78 is 220. The van der Waals surface area contributed by atoms with E-state index in [0.717, 1.165) is 0 Å². The van der Waals surface area contributed by atoms with Gasteiger partial charge in [-0.25, -0.2) is 0 Å². The number of alkyl halides is 16. The predicted molar refractivity (Wildman–Crippen MR) is 47.9 cm³/mol. The van der Waals surface area contributed by atoms with Gasteiger partial charge >= 0.3 is 51.6 Å². The molecule has 0 aromatic rings. The first kappa shape index (κ1) is 26.8. The Hall–Kier alpha value is -1.25. The number of hydrogen-bond donors (Lipinski definition) is 0. The Morgan fingerprint density at radius 3 is 1.11 bits per heavy atom. The molecule has 21 heteroatoms. The van der Waals surface area contributed by atoms with Gasteiger partial charge < -0.3 is 0 Å². The Bertz CT molecular complexity index is 672. The molecule has 170 valence electrons. The molecular formula is C7F16O4S. The average molecular weight is 484 g/mol. The molecule has 0 N–H and O–H groups in total. The van der Waals surface area contributed by atoms with E-state index in [9.17, 15) is 78.7 Å². The van der Waals surface area contributed by atoms with Crippen molar-refractivity contribution in [1.82, 2.24) is 0 Å². The Kier molecular flexibility index (Phi) is 6.34. The van der Waals surface area contributed by atoms with Gasteiger partial charge in [0.2, 0.25) is 0 Å². The van der Waals surface area contributed by atoms with Gasteiger partial charge in [0.15, 0.2) is 0 Å². The van der Waals surface area contributed by atoms with Crippen molar-refractivity contribution in [2.45, 2.75) is 41.5 Å². The van der Waals surface area contributed by atoms with Gasteiger partial charge in [-0.3, -0.25) is 0 Å². The van der Waals surface area contributed by atoms with E-state index < -0.39 is 51.6 Å². The van der Waals surface area contributed by atoms with Crippen molar-refractivity contribution in [3.8, 4) is 0 Å². The summed E-state index contributed by atoms with van der Waals surface area (Å²) in [6, 6.07) is 0. The van der Waals surface area contributed by atoms with Crippen LogP contribution in [0.2, 0.25) is 0 Å². The van der Waals surface area contributed by atoms with E-state index in [-0.39, 0.29) is 0 Å². The van der Waals surface area contributed by atoms with Crippen LogP contribution in [0.3, 0.4) is 0 Å². The normalized spacial score (nSPS) is 16.4. The first-order chi connectivity index (χ1) is 11.7. The third-order valence-electron chi connectivity index (χ3n) is 2.42. The predicted octanol–water partition coefficient (Wildman–Crippen LogP) is 4.48. The molecule has 28 heavy (non-hydrogen) atoms. The van der Waals surface area contributed by atoms with Crippen LogP contribution in [0, 0.1) is 0 Å². The van der Waals surface area contributed by atoms with Crippen LogP contribution in [0.15, 0.2) is 0 Å². The number of hydrogen-bond acceptors (Lipinski definition) is 4. The lowest BCUT2D eigenvalue weighted by atomic mass is 9.97. The van der Waals surface area contributed by atoms with E-state index in [0.29, 0.717) is 0 Å². The van der Waals surface area contributed by atoms with E-state index in [1.807, 2.05) is 0 Å². The minimum Gasteiger partial charge on any atom is -0.192 e. The molecule has 0 amide bonds. The van der Waals surface area contributed by atoms with Crippen LogP contribution in [0.5, 0.6) is 0 Å². The molecule has 0 radical (unpaired) electrons. The summed E-state index contributed by atoms with van der Waals surface area (Å²) in [5.41, 5.74) is -6.73. The van der Waals surface area contributed by atoms with Gasteiger partial charge in [-0.05, 0) is 0 Å². The maximum atomic E-state index is 12.9. The molecule has 0 aromatic carbocycles. The third kappa shape index (κ3) is 3.91. The standard InChI is InChI=1S/C7F16O4S/c8-1(9,3(12,13)5(16,17)18)2(10,11)4(14,15)6(19,20)26-27-28(24,25)7(21,22)23. The Labute approximate surface area is 141 Å². The highest BCUT2D eigenvalue weighted by Crippen LogP contribution is 2.60. The SMILES string of the molecule is O=S(=O)(OOC(F)(F)C(F)(F)C(F)(F)C(F)(F)C(F)(F)C(F)(F)F)C(F)(F)F. The van der Waals surface area contributed by atoms with Crippen molar-refractivity contribution in [1.29, 1.82) is 0 Å². The van der Waals surface area contributed by atoms with Gasteiger partial charge in [0.1, 0.15) is 0 Å². The van der Waals surface area contributed by atoms with Crippen LogP contribution in [-0.4, -0.2) is 49.9 Å². The lowest BCUT2D eigenvalue weighted by molar-refractivity contribution is -0.504. The fourth-order valence-corrected chi connectivity index (χ4v) is 1.19. The van der Waals surface area contributed by atoms with Crippen molar-refractivity contribution in [3.05, 3.63) is 0 Å². The highest BCUT2D eigenvalue weighted by Gasteiger charge is 2.91. The Morgan fingerprint density at radius 2 is 0.821 bits per heavy atom. The summed E-state index contributed by atoms with van der Waals surface area (Å²) in [7, 11) is -7.42. The maximum absolute atomic E-state index is 12.9. The van der Waals surface area contributed by atoms with E-state index >= 15 is 0 Å². The van der Waals surface area contributed by atoms with Crippen LogP contribution in [0.4, 0.5) is 70.2 Å². The van der Waals surface area contributed by atoms with Crippen molar-refractivity contribution in [2.75, 3.05) is 0 Å². The fourth-order valence-electron chi connectivity index (χ4n) is 0.934. The lowest BCUT2D eigenvalue weighted by Gasteiger charge is -2.38. The van der Waals surface area contributed by atoms with E-state index in [1.54, 1.807) is 4.33 Å². The van der Waals surface area contributed by atoms with Gasteiger partial charge in [0, 0.05) is 0 Å². The smallest absolute Gasteiger partial charge is 0.192 e. The Morgan fingerprint density at radius 1 is 0.500 bits per heavy atom. The quantitative estimate of drug-likeness (QED) is 0.232. The van der Waals surface area contributed by atoms with Crippen molar-refractivity contribution in [3.63, 3.8) is 0 Å². The molecular weight excluding hydrogens is 484 g/mol. The molecule has 0 fully saturated rings. The maximum Gasteiger partial charge on any atom is 0.525 e. The van der Waals surface area contributed by atoms with Crippen LogP contribution >= 0.6 is 0 Å². The molecule has 0 aromatic heterocycles. The largest absolute Gasteiger partial charge is 0.525 e. The first-order valence-corrected chi connectivity index (χ1v) is 6.76. The molecule has 0 heterocycles. The summed E-state index contributed by atoms with van der Waals surface area (Å²) >= 11 is 0. The van der Waals surface area contributed by atoms with Gasteiger partial charge in [0.05, 0.1) is 0 Å². The van der Waals surface area contributed by atoms with E-state index in [4.69, 9.17) is 0 Å². The molecule has 0 bridgehead atoms. The third-order valence-corrected chi connectivity index (χ3v) is 3.23. The molecule has 0 spiro atoms. The second kappa shape index (κ2) is 6.64. The highest BCUT2D eigenvalue weighted by atomic mass is 32.2. The van der Waals surface area contributed by atoms with Gasteiger partial charge in [0.25, 0.3) is 0 Å². The molecule has 0 aliphatic carbocycles. The lowest BCUT2D eigenvalue weighted by Crippen LogP contribution is -2.70. The summed E-state index contributed by atoms with van der Waals surface area (Å²) in [6.45, 7) is 0. The minimum absolute atomic E-state index is 1.53. The van der Waals surface area contributed by atoms with Crippen molar-refractivity contribution >= 4 is 10.1 Å². The summed E-state index contributed by atoms with van der Waals surface area (Å²) in [4.78, 5) is 1.53. The second-order valence-electron chi connectivity index (χ2n) is 4.36. The van der Waals surface area contributed by atoms with Crippen LogP contribution in [0.1, 0.15) is 0 Å². The zero-order valence-corrected chi connectivity index (χ0v) is 12.4. The minimum atomic E-state index is -8.39. The van der Waals surface area contributed by atoms with Crippen LogP contribution in [0.25, 0.3) is 0 Å². The fraction of sp³-hybridized carbons (Fsp3) is 1.00. The highest BCUT2D eigenvalue weighted by molar-refractivity contribution is 7.87. The molecule has 0 aliphatic rings. The summed E-state index contributed by atoms with van der Waals surface area (Å²) in [6.07, 6.45) is -15.3. The summed E-state index contributed by atoms with van der Waals surface area (Å²) in [5.74, 6) is -33.0. The van der Waals surface area contributed by atoms with Crippen molar-refractivity contribution < 1.29 is 87.9 Å². The molecule has 0 unspecified atom stereocenters. The molecule has 0 aliphatic heterocycles. The zero-order valence-electron chi connectivity index (χ0n) is 11.6. The van der Waals surface area contributed by atoms with E-state index in [2.05, 4.69) is 0 Å². The molecule has 0 atom stereocenters. The van der Waals surface area contributed by atoms with Gasteiger partial charge in [-0.2, -0.15) is 78.7 Å². The zero-order chi connectivity index (χ0) is 23.4. The Balaban J connectivity index is 6.13. The number of rotatable bonds is 7. The van der Waals surface area contributed by atoms with Gasteiger partial charge in [-0.15, -0.1) is 4.89 Å². The molecule has 0 rings (SSSR count). The van der Waals surface area contributed by atoms with E-state index in [1.165, 1.54) is 4.89 Å². The molecule has 4 nitrogen and oxygen atoms in total. The van der Waals surface area contributed by atoms with Crippen LogP contribution in [-0.2, 0) is 19.3 Å². The van der Waals surface area contributed by atoms with Gasteiger partial charge in [-0.1, -0.05) is 4.33 Å². The molecule has 0 saturated carbocycles. The second-order valence-corrected chi connectivity index (χ2v) is 5.87. The monoisotopic (exact) mass is 484 g/mol. The molecule has 0 saturated heterocycles. The summed E-state index contributed by atoms with van der Waals surface area (Å²) in [5, 5.41) is 0.